The SMILES string of the molecule is CCNC(=NCc1ccc(OC)c(OC)c1)NCCC1CCN(C)CC1.I. The van der Waals surface area contributed by atoms with Gasteiger partial charge < -0.3 is 25.0 Å². The van der Waals surface area contributed by atoms with Gasteiger partial charge in [0.1, 0.15) is 0 Å². The summed E-state index contributed by atoms with van der Waals surface area (Å²) in [7, 11) is 5.51. The third kappa shape index (κ3) is 8.13. The van der Waals surface area contributed by atoms with Gasteiger partial charge >= 0.3 is 0 Å². The van der Waals surface area contributed by atoms with Crippen LogP contribution in [0.25, 0.3) is 0 Å². The molecule has 0 bridgehead atoms. The van der Waals surface area contributed by atoms with E-state index >= 15 is 0 Å². The summed E-state index contributed by atoms with van der Waals surface area (Å²) in [6.07, 6.45) is 3.81. The number of benzene rings is 1. The van der Waals surface area contributed by atoms with Crippen molar-refractivity contribution in [3.8, 4) is 11.5 Å². The van der Waals surface area contributed by atoms with Gasteiger partial charge in [-0.2, -0.15) is 0 Å². The summed E-state index contributed by atoms with van der Waals surface area (Å²) < 4.78 is 10.6. The van der Waals surface area contributed by atoms with Gasteiger partial charge in [-0.3, -0.25) is 0 Å². The molecule has 0 atom stereocenters. The van der Waals surface area contributed by atoms with Crippen LogP contribution in [0.5, 0.6) is 11.5 Å². The maximum Gasteiger partial charge on any atom is 0.191 e. The lowest BCUT2D eigenvalue weighted by molar-refractivity contribution is 0.213. The van der Waals surface area contributed by atoms with Gasteiger partial charge in [-0.15, -0.1) is 24.0 Å². The van der Waals surface area contributed by atoms with Crippen molar-refractivity contribution in [2.75, 3.05) is 47.4 Å². The minimum Gasteiger partial charge on any atom is -0.493 e. The van der Waals surface area contributed by atoms with Crippen LogP contribution in [0.4, 0.5) is 0 Å². The first-order valence-corrected chi connectivity index (χ1v) is 9.57. The molecule has 1 aliphatic rings. The highest BCUT2D eigenvalue weighted by molar-refractivity contribution is 14.0. The predicted octanol–water partition coefficient (Wildman–Crippen LogP) is 3.11. The van der Waals surface area contributed by atoms with E-state index in [0.717, 1.165) is 42.0 Å². The molecule has 6 nitrogen and oxygen atoms in total. The van der Waals surface area contributed by atoms with Crippen LogP contribution in [0.3, 0.4) is 0 Å². The Morgan fingerprint density at radius 1 is 1.15 bits per heavy atom. The molecule has 1 fully saturated rings. The number of piperidine rings is 1. The summed E-state index contributed by atoms with van der Waals surface area (Å²) in [5.74, 6) is 3.17. The molecule has 0 unspecified atom stereocenters. The lowest BCUT2D eigenvalue weighted by Crippen LogP contribution is -2.39. The molecule has 154 valence electrons. The number of hydrogen-bond donors (Lipinski definition) is 2. The molecular weight excluding hydrogens is 455 g/mol. The normalized spacial score (nSPS) is 15.8. The van der Waals surface area contributed by atoms with Crippen molar-refractivity contribution in [2.24, 2.45) is 10.9 Å². The minimum absolute atomic E-state index is 0. The number of methoxy groups -OCH3 is 2. The first-order chi connectivity index (χ1) is 12.7. The van der Waals surface area contributed by atoms with Crippen molar-refractivity contribution in [3.05, 3.63) is 23.8 Å². The molecule has 2 N–H and O–H groups in total. The number of rotatable bonds is 8. The molecule has 2 rings (SSSR count). The summed E-state index contributed by atoms with van der Waals surface area (Å²) in [5, 5.41) is 6.79. The number of nitrogens with one attached hydrogen (secondary N) is 2. The van der Waals surface area contributed by atoms with Crippen molar-refractivity contribution < 1.29 is 9.47 Å². The number of hydrogen-bond acceptors (Lipinski definition) is 4. The zero-order valence-corrected chi connectivity index (χ0v) is 19.4. The van der Waals surface area contributed by atoms with Crippen LogP contribution < -0.4 is 20.1 Å². The highest BCUT2D eigenvalue weighted by atomic mass is 127. The zero-order valence-electron chi connectivity index (χ0n) is 17.1. The van der Waals surface area contributed by atoms with Gasteiger partial charge in [0.25, 0.3) is 0 Å². The maximum atomic E-state index is 5.36. The van der Waals surface area contributed by atoms with Gasteiger partial charge in [0.05, 0.1) is 20.8 Å². The molecule has 1 aromatic carbocycles. The van der Waals surface area contributed by atoms with E-state index in [-0.39, 0.29) is 24.0 Å². The average molecular weight is 490 g/mol. The number of halogens is 1. The van der Waals surface area contributed by atoms with E-state index in [0.29, 0.717) is 6.54 Å². The molecule has 0 radical (unpaired) electrons. The highest BCUT2D eigenvalue weighted by Crippen LogP contribution is 2.27. The molecule has 1 aromatic rings. The standard InChI is InChI=1S/C20H34N4O2.HI/c1-5-21-20(22-11-8-16-9-12-24(2)13-10-16)23-15-17-6-7-18(25-3)19(14-17)26-4;/h6-7,14,16H,5,8-13,15H2,1-4H3,(H2,21,22,23);1H. The Morgan fingerprint density at radius 3 is 2.48 bits per heavy atom. The topological polar surface area (TPSA) is 58.1 Å². The average Bonchev–Trinajstić information content (AvgIpc) is 2.67. The second kappa shape index (κ2) is 13.0. The molecule has 1 heterocycles. The number of aliphatic imine (C=N–C) groups is 1. The van der Waals surface area contributed by atoms with Crippen LogP contribution in [0, 0.1) is 5.92 Å². The Hall–Kier alpha value is -1.22. The Balaban J connectivity index is 0.00000364. The summed E-state index contributed by atoms with van der Waals surface area (Å²) in [4.78, 5) is 7.11. The monoisotopic (exact) mass is 490 g/mol. The second-order valence-corrected chi connectivity index (χ2v) is 6.85. The van der Waals surface area contributed by atoms with Crippen molar-refractivity contribution in [1.29, 1.82) is 0 Å². The molecule has 0 spiro atoms. The molecule has 1 aliphatic heterocycles. The van der Waals surface area contributed by atoms with E-state index in [1.807, 2.05) is 18.2 Å². The lowest BCUT2D eigenvalue weighted by Gasteiger charge is -2.29. The zero-order chi connectivity index (χ0) is 18.8. The van der Waals surface area contributed by atoms with Gasteiger partial charge in [-0.05, 0) is 69.9 Å². The van der Waals surface area contributed by atoms with Crippen LogP contribution in [0.2, 0.25) is 0 Å². The van der Waals surface area contributed by atoms with Crippen LogP contribution in [0.15, 0.2) is 23.2 Å². The fourth-order valence-electron chi connectivity index (χ4n) is 3.24. The van der Waals surface area contributed by atoms with E-state index in [9.17, 15) is 0 Å². The van der Waals surface area contributed by atoms with E-state index in [4.69, 9.17) is 14.5 Å². The molecule has 27 heavy (non-hydrogen) atoms. The van der Waals surface area contributed by atoms with Crippen LogP contribution >= 0.6 is 24.0 Å². The molecule has 0 aromatic heterocycles. The minimum atomic E-state index is 0. The van der Waals surface area contributed by atoms with Crippen LogP contribution in [-0.2, 0) is 6.54 Å². The highest BCUT2D eigenvalue weighted by Gasteiger charge is 2.16. The Labute approximate surface area is 181 Å². The number of likely N-dealkylation sites (tertiary alicyclic amines) is 1. The maximum absolute atomic E-state index is 5.36. The molecule has 0 saturated carbocycles. The van der Waals surface area contributed by atoms with E-state index < -0.39 is 0 Å². The summed E-state index contributed by atoms with van der Waals surface area (Å²) in [6.45, 7) is 6.95. The number of guanidine groups is 1. The fraction of sp³-hybridized carbons (Fsp3) is 0.650. The number of ether oxygens (including phenoxy) is 2. The van der Waals surface area contributed by atoms with Crippen molar-refractivity contribution in [2.45, 2.75) is 32.7 Å². The second-order valence-electron chi connectivity index (χ2n) is 6.85. The first kappa shape index (κ1) is 23.8. The van der Waals surface area contributed by atoms with Crippen molar-refractivity contribution in [1.82, 2.24) is 15.5 Å². The van der Waals surface area contributed by atoms with Gasteiger partial charge in [0.15, 0.2) is 17.5 Å². The van der Waals surface area contributed by atoms with Crippen LogP contribution in [-0.4, -0.2) is 58.3 Å². The summed E-state index contributed by atoms with van der Waals surface area (Å²) in [6, 6.07) is 5.92. The van der Waals surface area contributed by atoms with Gasteiger partial charge in [-0.25, -0.2) is 4.99 Å². The molecule has 0 aliphatic carbocycles. The lowest BCUT2D eigenvalue weighted by atomic mass is 9.94. The van der Waals surface area contributed by atoms with Gasteiger partial charge in [-0.1, -0.05) is 6.07 Å². The molecule has 0 amide bonds. The Kier molecular flexibility index (Phi) is 11.5. The van der Waals surface area contributed by atoms with Gasteiger partial charge in [0, 0.05) is 13.1 Å². The third-order valence-corrected chi connectivity index (χ3v) is 4.90. The van der Waals surface area contributed by atoms with E-state index in [1.54, 1.807) is 14.2 Å². The smallest absolute Gasteiger partial charge is 0.191 e. The summed E-state index contributed by atoms with van der Waals surface area (Å²) >= 11 is 0. The molecule has 7 heteroatoms. The molecular formula is C20H35IN4O2. The Morgan fingerprint density at radius 2 is 1.85 bits per heavy atom. The van der Waals surface area contributed by atoms with Crippen LogP contribution in [0.1, 0.15) is 31.7 Å². The first-order valence-electron chi connectivity index (χ1n) is 9.57. The third-order valence-electron chi connectivity index (χ3n) is 4.90. The quantitative estimate of drug-likeness (QED) is 0.333. The number of nitrogens with zero attached hydrogens (tertiary/aromatic N) is 2. The van der Waals surface area contributed by atoms with E-state index in [1.165, 1.54) is 32.4 Å². The van der Waals surface area contributed by atoms with Crippen molar-refractivity contribution in [3.63, 3.8) is 0 Å². The van der Waals surface area contributed by atoms with E-state index in [2.05, 4.69) is 29.5 Å². The molecule has 1 saturated heterocycles. The Bertz CT molecular complexity index is 575. The summed E-state index contributed by atoms with van der Waals surface area (Å²) in [5.41, 5.74) is 1.09. The fourth-order valence-corrected chi connectivity index (χ4v) is 3.24. The van der Waals surface area contributed by atoms with Crippen molar-refractivity contribution >= 4 is 29.9 Å². The predicted molar refractivity (Wildman–Crippen MR) is 123 cm³/mol. The largest absolute Gasteiger partial charge is 0.493 e. The van der Waals surface area contributed by atoms with Gasteiger partial charge in [0.2, 0.25) is 0 Å².